The normalized spacial score (nSPS) is 21.0. The Bertz CT molecular complexity index is 1180. The van der Waals surface area contributed by atoms with E-state index in [0.717, 1.165) is 36.9 Å². The number of hydrogen-bond acceptors (Lipinski definition) is 4. The number of furan rings is 1. The van der Waals surface area contributed by atoms with Crippen molar-refractivity contribution in [3.05, 3.63) is 66.1 Å². The van der Waals surface area contributed by atoms with Crippen molar-refractivity contribution in [3.8, 4) is 11.5 Å². The van der Waals surface area contributed by atoms with E-state index in [-0.39, 0.29) is 17.9 Å². The topological polar surface area (TPSA) is 67.5 Å². The summed E-state index contributed by atoms with van der Waals surface area (Å²) in [5.74, 6) is 0.474. The summed E-state index contributed by atoms with van der Waals surface area (Å²) in [6, 6.07) is 15.9. The minimum absolute atomic E-state index is 0.0803. The van der Waals surface area contributed by atoms with Crippen LogP contribution in [-0.2, 0) is 17.9 Å². The SMILES string of the molecule is CSc1ccc(CN2C(=O)c3ccc(-c4ccco4)n3C[C@]2(C)C(=O)NC2CCCCCC2)cc1. The van der Waals surface area contributed by atoms with Gasteiger partial charge in [0.1, 0.15) is 17.0 Å². The Morgan fingerprint density at radius 3 is 2.43 bits per heavy atom. The molecule has 1 aliphatic carbocycles. The third kappa shape index (κ3) is 4.66. The fourth-order valence-corrected chi connectivity index (χ4v) is 5.75. The predicted molar refractivity (Wildman–Crippen MR) is 138 cm³/mol. The molecule has 1 aliphatic heterocycles. The average Bonchev–Trinajstić information content (AvgIpc) is 3.47. The maximum atomic E-state index is 13.9. The van der Waals surface area contributed by atoms with Crippen LogP contribution in [0, 0.1) is 0 Å². The molecule has 1 fully saturated rings. The van der Waals surface area contributed by atoms with Gasteiger partial charge >= 0.3 is 0 Å². The zero-order chi connectivity index (χ0) is 24.4. The molecule has 0 saturated heterocycles. The minimum Gasteiger partial charge on any atom is -0.463 e. The van der Waals surface area contributed by atoms with Crippen molar-refractivity contribution in [1.29, 1.82) is 0 Å². The molecule has 35 heavy (non-hydrogen) atoms. The molecule has 2 amide bonds. The number of aromatic nitrogens is 1. The van der Waals surface area contributed by atoms with Crippen LogP contribution in [0.2, 0.25) is 0 Å². The molecule has 0 spiro atoms. The summed E-state index contributed by atoms with van der Waals surface area (Å²) in [4.78, 5) is 30.7. The molecular weight excluding hydrogens is 458 g/mol. The molecule has 0 bridgehead atoms. The van der Waals surface area contributed by atoms with Crippen molar-refractivity contribution >= 4 is 23.6 Å². The Balaban J connectivity index is 1.50. The van der Waals surface area contributed by atoms with Crippen LogP contribution in [0.4, 0.5) is 0 Å². The Labute approximate surface area is 211 Å². The van der Waals surface area contributed by atoms with Crippen molar-refractivity contribution in [2.24, 2.45) is 0 Å². The highest BCUT2D eigenvalue weighted by molar-refractivity contribution is 7.98. The highest BCUT2D eigenvalue weighted by Gasteiger charge is 2.48. The molecule has 3 aromatic rings. The molecule has 1 aromatic carbocycles. The highest BCUT2D eigenvalue weighted by Crippen LogP contribution is 2.35. The summed E-state index contributed by atoms with van der Waals surface area (Å²) in [5, 5.41) is 3.33. The Kier molecular flexibility index (Phi) is 6.78. The lowest BCUT2D eigenvalue weighted by atomic mass is 9.92. The predicted octanol–water partition coefficient (Wildman–Crippen LogP) is 5.72. The Morgan fingerprint density at radius 1 is 1.06 bits per heavy atom. The molecule has 6 nitrogen and oxygen atoms in total. The number of fused-ring (bicyclic) bond motifs is 1. The van der Waals surface area contributed by atoms with Gasteiger partial charge in [0.05, 0.1) is 18.5 Å². The summed E-state index contributed by atoms with van der Waals surface area (Å²) in [6.45, 7) is 2.66. The molecule has 2 aromatic heterocycles. The monoisotopic (exact) mass is 491 g/mol. The quantitative estimate of drug-likeness (QED) is 0.354. The van der Waals surface area contributed by atoms with Crippen LogP contribution in [0.1, 0.15) is 61.5 Å². The highest BCUT2D eigenvalue weighted by atomic mass is 32.2. The summed E-state index contributed by atoms with van der Waals surface area (Å²) >= 11 is 1.69. The number of rotatable bonds is 6. The molecule has 5 rings (SSSR count). The first-order chi connectivity index (χ1) is 17.0. The summed E-state index contributed by atoms with van der Waals surface area (Å²) in [7, 11) is 0. The van der Waals surface area contributed by atoms with Gasteiger partial charge in [0.2, 0.25) is 5.91 Å². The van der Waals surface area contributed by atoms with Crippen LogP contribution < -0.4 is 5.32 Å². The molecule has 3 heterocycles. The number of nitrogens with one attached hydrogen (secondary N) is 1. The number of carbonyl (C=O) groups is 2. The van der Waals surface area contributed by atoms with Crippen LogP contribution in [0.25, 0.3) is 11.5 Å². The zero-order valence-electron chi connectivity index (χ0n) is 20.5. The zero-order valence-corrected chi connectivity index (χ0v) is 21.3. The Morgan fingerprint density at radius 2 is 1.77 bits per heavy atom. The smallest absolute Gasteiger partial charge is 0.271 e. The second-order valence-corrected chi connectivity index (χ2v) is 10.7. The fourth-order valence-electron chi connectivity index (χ4n) is 5.34. The fraction of sp³-hybridized carbons (Fsp3) is 0.429. The average molecular weight is 492 g/mol. The third-order valence-corrected chi connectivity index (χ3v) is 8.20. The van der Waals surface area contributed by atoms with Gasteiger partial charge in [-0.25, -0.2) is 0 Å². The van der Waals surface area contributed by atoms with E-state index in [9.17, 15) is 9.59 Å². The first kappa shape index (κ1) is 23.8. The van der Waals surface area contributed by atoms with Crippen molar-refractivity contribution < 1.29 is 14.0 Å². The number of carbonyl (C=O) groups excluding carboxylic acids is 2. The van der Waals surface area contributed by atoms with Gasteiger partial charge in [-0.2, -0.15) is 0 Å². The molecular formula is C28H33N3O3S. The van der Waals surface area contributed by atoms with Crippen LogP contribution in [0.5, 0.6) is 0 Å². The second kappa shape index (κ2) is 9.97. The van der Waals surface area contributed by atoms with Crippen LogP contribution in [0.15, 0.2) is 64.1 Å². The lowest BCUT2D eigenvalue weighted by Crippen LogP contribution is -2.64. The van der Waals surface area contributed by atoms with E-state index in [2.05, 4.69) is 17.4 Å². The number of benzene rings is 1. The first-order valence-corrected chi connectivity index (χ1v) is 13.7. The van der Waals surface area contributed by atoms with Gasteiger partial charge in [-0.15, -0.1) is 11.8 Å². The second-order valence-electron chi connectivity index (χ2n) is 9.84. The van der Waals surface area contributed by atoms with Gasteiger partial charge in [0.15, 0.2) is 0 Å². The lowest BCUT2D eigenvalue weighted by Gasteiger charge is -2.45. The van der Waals surface area contributed by atoms with Crippen molar-refractivity contribution in [2.45, 2.75) is 75.0 Å². The molecule has 7 heteroatoms. The van der Waals surface area contributed by atoms with Gasteiger partial charge < -0.3 is 19.2 Å². The molecule has 1 saturated carbocycles. The van der Waals surface area contributed by atoms with Gasteiger partial charge in [-0.3, -0.25) is 9.59 Å². The molecule has 2 aliphatic rings. The van der Waals surface area contributed by atoms with Crippen LogP contribution in [0.3, 0.4) is 0 Å². The van der Waals surface area contributed by atoms with E-state index in [1.54, 1.807) is 22.9 Å². The summed E-state index contributed by atoms with van der Waals surface area (Å²) in [6.07, 6.45) is 10.4. The molecule has 1 atom stereocenters. The number of hydrogen-bond donors (Lipinski definition) is 1. The molecule has 0 radical (unpaired) electrons. The third-order valence-electron chi connectivity index (χ3n) is 7.46. The van der Waals surface area contributed by atoms with Crippen LogP contribution in [-0.4, -0.2) is 39.1 Å². The van der Waals surface area contributed by atoms with E-state index in [4.69, 9.17) is 4.42 Å². The van der Waals surface area contributed by atoms with Gasteiger partial charge in [0, 0.05) is 17.5 Å². The lowest BCUT2D eigenvalue weighted by molar-refractivity contribution is -0.134. The molecule has 0 unspecified atom stereocenters. The van der Waals surface area contributed by atoms with E-state index < -0.39 is 5.54 Å². The number of nitrogens with zero attached hydrogens (tertiary/aromatic N) is 2. The van der Waals surface area contributed by atoms with Crippen molar-refractivity contribution in [3.63, 3.8) is 0 Å². The van der Waals surface area contributed by atoms with Crippen molar-refractivity contribution in [2.75, 3.05) is 6.26 Å². The maximum Gasteiger partial charge on any atom is 0.271 e. The molecule has 184 valence electrons. The summed E-state index contributed by atoms with van der Waals surface area (Å²) in [5.41, 5.74) is 1.37. The Hall–Kier alpha value is -2.93. The van der Waals surface area contributed by atoms with Gasteiger partial charge in [-0.05, 0) is 68.0 Å². The van der Waals surface area contributed by atoms with Crippen LogP contribution >= 0.6 is 11.8 Å². The van der Waals surface area contributed by atoms with E-state index >= 15 is 0 Å². The number of thioether (sulfide) groups is 1. The van der Waals surface area contributed by atoms with E-state index in [0.29, 0.717) is 24.5 Å². The number of amides is 2. The van der Waals surface area contributed by atoms with E-state index in [1.165, 1.54) is 17.7 Å². The first-order valence-electron chi connectivity index (χ1n) is 12.5. The van der Waals surface area contributed by atoms with Gasteiger partial charge in [0.25, 0.3) is 5.91 Å². The van der Waals surface area contributed by atoms with Gasteiger partial charge in [-0.1, -0.05) is 37.8 Å². The summed E-state index contributed by atoms with van der Waals surface area (Å²) < 4.78 is 7.58. The standard InChI is InChI=1S/C28H33N3O3S/c1-28(27(33)29-21-8-5-3-4-6-9-21)19-30-23(25-10-7-17-34-25)15-16-24(30)26(32)31(28)18-20-11-13-22(35-2)14-12-20/h7,10-17,21H,3-6,8-9,18-19H2,1-2H3,(H,29,33)/t28-/m1/s1. The maximum absolute atomic E-state index is 13.9. The van der Waals surface area contributed by atoms with E-state index in [1.807, 2.05) is 54.1 Å². The minimum atomic E-state index is -1.03. The van der Waals surface area contributed by atoms with Crippen molar-refractivity contribution in [1.82, 2.24) is 14.8 Å². The molecule has 1 N–H and O–H groups in total. The largest absolute Gasteiger partial charge is 0.463 e.